The zero-order valence-electron chi connectivity index (χ0n) is 48.8. The van der Waals surface area contributed by atoms with Gasteiger partial charge in [0.25, 0.3) is 0 Å². The maximum absolute atomic E-state index is 11.9. The van der Waals surface area contributed by atoms with E-state index in [2.05, 4.69) is 0 Å². The van der Waals surface area contributed by atoms with Crippen LogP contribution < -0.4 is 0 Å². The fraction of sp³-hybridized carbons (Fsp3) is 0. The van der Waals surface area contributed by atoms with Gasteiger partial charge in [-0.1, -0.05) is 0 Å². The van der Waals surface area contributed by atoms with Crippen molar-refractivity contribution in [3.8, 4) is 342 Å². The van der Waals surface area contributed by atoms with Crippen molar-refractivity contribution in [1.82, 2.24) is 0 Å². The fourth-order valence-electron chi connectivity index (χ4n) is 11.2. The highest BCUT2D eigenvalue weighted by Gasteiger charge is 2.44. The third kappa shape index (κ3) is 8.51. The molecule has 10 aromatic rings. The van der Waals surface area contributed by atoms with Gasteiger partial charge >= 0.3 is 0 Å². The van der Waals surface area contributed by atoms with Crippen LogP contribution in [0.15, 0.2) is 0 Å². The summed E-state index contributed by atoms with van der Waals surface area (Å²) in [5.74, 6) is -81.5. The van der Waals surface area contributed by atoms with Gasteiger partial charge in [-0.3, -0.25) is 0 Å². The van der Waals surface area contributed by atoms with Crippen LogP contribution in [-0.2, 0) is 0 Å². The summed E-state index contributed by atoms with van der Waals surface area (Å²) in [4.78, 5) is 0. The molecule has 0 heterocycles. The van der Waals surface area contributed by atoms with E-state index >= 15 is 0 Å². The molecule has 10 aromatic carbocycles. The molecule has 42 nitrogen and oxygen atoms in total. The molecular weight excluding hydrogens is 1390 g/mol. The van der Waals surface area contributed by atoms with Crippen LogP contribution in [0.3, 0.4) is 0 Å². The summed E-state index contributed by atoms with van der Waals surface area (Å²) in [7, 11) is 0. The molecule has 0 fully saturated rings. The lowest BCUT2D eigenvalue weighted by Gasteiger charge is -2.24. The number of rotatable bonds is 9. The first kappa shape index (κ1) is 68.7. The molecule has 0 atom stereocenters. The van der Waals surface area contributed by atoms with Crippen molar-refractivity contribution in [3.63, 3.8) is 0 Å². The predicted octanol–water partition coefficient (Wildman–Crippen LogP) is 4.32. The summed E-state index contributed by atoms with van der Waals surface area (Å²) in [6.07, 6.45) is 0. The van der Waals surface area contributed by atoms with E-state index in [1.165, 1.54) is 0 Å². The Kier molecular flexibility index (Phi) is 14.9. The van der Waals surface area contributed by atoms with E-state index in [-0.39, 0.29) is 0 Å². The molecule has 10 rings (SSSR count). The van der Waals surface area contributed by atoms with Gasteiger partial charge in [-0.2, -0.15) is 0 Å². The first-order valence-corrected chi connectivity index (χ1v) is 26.6. The average molecular weight is 1430 g/mol. The van der Waals surface area contributed by atoms with Crippen molar-refractivity contribution in [2.45, 2.75) is 0 Å². The summed E-state index contributed by atoms with van der Waals surface area (Å²) < 4.78 is 0. The molecule has 0 unspecified atom stereocenters. The van der Waals surface area contributed by atoms with Crippen LogP contribution in [0, 0.1) is 0 Å². The Hall–Kier alpha value is -16.2. The van der Waals surface area contributed by atoms with E-state index in [0.29, 0.717) is 0 Å². The van der Waals surface area contributed by atoms with Gasteiger partial charge in [0.1, 0.15) is 23.0 Å². The van der Waals surface area contributed by atoms with Crippen molar-refractivity contribution < 1.29 is 214 Å². The molecular formula is C60H42O42. The maximum Gasteiger partial charge on any atom is 0.208 e. The van der Waals surface area contributed by atoms with Crippen LogP contribution in [0.25, 0.3) is 100 Å². The molecule has 0 amide bonds. The SMILES string of the molecule is Oc1c(O)c(O)c(-c2c(O)c(O)c(-c3c(O)c(O)c(-c4c(O)c(O)c(O)c(-c5c(O)c(O)c(O)c(-c6c(O)c(O)c(-c7c(O)c(O)c(O)c(-c8c(O)c(O)c(O)c(-c9c(O)c(O)c(-c%10c(O)c(O)c(O)c(O)c%10O)c(O)c9O)c8O)c7O)c(O)c6O)c5O)c4O)c(O)c3O)c(O)c2O)c(O)c1O. The van der Waals surface area contributed by atoms with Crippen molar-refractivity contribution >= 4 is 0 Å². The largest absolute Gasteiger partial charge is 0.506 e. The van der Waals surface area contributed by atoms with Gasteiger partial charge in [0.2, 0.25) is 57.5 Å². The second kappa shape index (κ2) is 22.2. The summed E-state index contributed by atoms with van der Waals surface area (Å²) in [6.45, 7) is 0. The van der Waals surface area contributed by atoms with Crippen molar-refractivity contribution in [3.05, 3.63) is 0 Å². The standard InChI is InChI=1S/C60H42O42/c61-19-1(3-21(63)7(45(87)53(95)41(3)83)11-27(69)31(73)13(32(74)28(11)70)14-33(75)37(79)16(38(80)34(14)76)18-49(91)57(99)60(102)58(100)50(18)92)39(81)51(93)43(85)5(19)9-23(65)25(67)10(26(68)24(9)66)6-20(62)2(40(82)52(94)44(6)86)4-22(64)8(46(88)54(96)42(4)84)12-29(71)35(77)15(36(78)30(12)72)17-47(89)55(97)59(101)56(98)48(17)90/h61-102H. The van der Waals surface area contributed by atoms with E-state index in [1.54, 1.807) is 0 Å². The number of benzene rings is 10. The normalized spacial score (nSPS) is 11.4. The highest BCUT2D eigenvalue weighted by atomic mass is 16.4. The van der Waals surface area contributed by atoms with E-state index in [0.717, 1.165) is 0 Å². The van der Waals surface area contributed by atoms with Crippen molar-refractivity contribution in [1.29, 1.82) is 0 Å². The number of aromatic hydroxyl groups is 42. The van der Waals surface area contributed by atoms with Gasteiger partial charge in [-0.15, -0.1) is 0 Å². The second-order valence-corrected chi connectivity index (χ2v) is 21.4. The van der Waals surface area contributed by atoms with Gasteiger partial charge < -0.3 is 214 Å². The van der Waals surface area contributed by atoms with E-state index < -0.39 is 342 Å². The summed E-state index contributed by atoms with van der Waals surface area (Å²) in [5, 5.41) is 465. The minimum absolute atomic E-state index is 1.47. The molecule has 0 aromatic heterocycles. The zero-order valence-corrected chi connectivity index (χ0v) is 48.8. The van der Waals surface area contributed by atoms with Crippen LogP contribution in [0.1, 0.15) is 0 Å². The molecule has 0 radical (unpaired) electrons. The quantitative estimate of drug-likeness (QED) is 0.0706. The summed E-state index contributed by atoms with van der Waals surface area (Å²) in [6, 6.07) is 0. The molecule has 0 saturated carbocycles. The fourth-order valence-corrected chi connectivity index (χ4v) is 11.2. The smallest absolute Gasteiger partial charge is 0.208 e. The monoisotopic (exact) mass is 1430 g/mol. The minimum Gasteiger partial charge on any atom is -0.506 e. The number of phenols is 42. The molecule has 0 aliphatic carbocycles. The molecule has 42 heteroatoms. The first-order valence-electron chi connectivity index (χ1n) is 26.6. The zero-order chi connectivity index (χ0) is 76.6. The maximum atomic E-state index is 11.9. The number of hydrogen-bond acceptors (Lipinski definition) is 42. The lowest BCUT2D eigenvalue weighted by atomic mass is 9.86. The lowest BCUT2D eigenvalue weighted by Crippen LogP contribution is -1.96. The Morgan fingerprint density at radius 3 is 0.167 bits per heavy atom. The van der Waals surface area contributed by atoms with Crippen molar-refractivity contribution in [2.24, 2.45) is 0 Å². The molecule has 0 bridgehead atoms. The minimum atomic E-state index is -2.16. The Morgan fingerprint density at radius 1 is 0.0490 bits per heavy atom. The van der Waals surface area contributed by atoms with Gasteiger partial charge in [-0.25, -0.2) is 0 Å². The topological polar surface area (TPSA) is 850 Å². The van der Waals surface area contributed by atoms with E-state index in [4.69, 9.17) is 0 Å². The molecule has 102 heavy (non-hydrogen) atoms. The Labute approximate surface area is 554 Å². The Balaban J connectivity index is 1.16. The van der Waals surface area contributed by atoms with Crippen LogP contribution in [0.5, 0.6) is 241 Å². The molecule has 0 aliphatic heterocycles. The summed E-state index contributed by atoms with van der Waals surface area (Å²) in [5.41, 5.74) is -31.6. The van der Waals surface area contributed by atoms with E-state index in [1.807, 2.05) is 0 Å². The van der Waals surface area contributed by atoms with Gasteiger partial charge in [0, 0.05) is 0 Å². The van der Waals surface area contributed by atoms with Crippen LogP contribution >= 0.6 is 0 Å². The highest BCUT2D eigenvalue weighted by Crippen LogP contribution is 2.73. The Morgan fingerprint density at radius 2 is 0.0882 bits per heavy atom. The van der Waals surface area contributed by atoms with Gasteiger partial charge in [-0.05, 0) is 0 Å². The first-order chi connectivity index (χ1) is 47.2. The van der Waals surface area contributed by atoms with Crippen LogP contribution in [0.4, 0.5) is 0 Å². The number of hydrogen-bond donors (Lipinski definition) is 42. The third-order valence-electron chi connectivity index (χ3n) is 16.2. The van der Waals surface area contributed by atoms with Crippen molar-refractivity contribution in [2.75, 3.05) is 0 Å². The molecule has 42 N–H and O–H groups in total. The predicted molar refractivity (Wildman–Crippen MR) is 325 cm³/mol. The highest BCUT2D eigenvalue weighted by molar-refractivity contribution is 6.10. The second-order valence-electron chi connectivity index (χ2n) is 21.4. The van der Waals surface area contributed by atoms with Crippen LogP contribution in [0.2, 0.25) is 0 Å². The van der Waals surface area contributed by atoms with Gasteiger partial charge in [0.15, 0.2) is 161 Å². The van der Waals surface area contributed by atoms with Crippen LogP contribution in [-0.4, -0.2) is 214 Å². The number of phenolic OH excluding ortho intramolecular Hbond substituents is 42. The third-order valence-corrected chi connectivity index (χ3v) is 16.2. The average Bonchev–Trinajstić information content (AvgIpc) is 0.722. The lowest BCUT2D eigenvalue weighted by molar-refractivity contribution is 0.329. The molecule has 534 valence electrons. The van der Waals surface area contributed by atoms with E-state index in [9.17, 15) is 214 Å². The molecule has 0 aliphatic rings. The van der Waals surface area contributed by atoms with Gasteiger partial charge in [0.05, 0.1) is 100 Å². The molecule has 0 spiro atoms. The Bertz CT molecular complexity index is 5360. The summed E-state index contributed by atoms with van der Waals surface area (Å²) >= 11 is 0. The molecule has 0 saturated heterocycles.